The van der Waals surface area contributed by atoms with Crippen molar-refractivity contribution in [3.63, 3.8) is 0 Å². The molecule has 0 aromatic heterocycles. The average molecular weight is 883 g/mol. The Hall–Kier alpha value is -2.63. The van der Waals surface area contributed by atoms with Gasteiger partial charge in [0, 0.05) is 19.3 Å². The lowest BCUT2D eigenvalue weighted by molar-refractivity contribution is -0.167. The largest absolute Gasteiger partial charge is 0.462 e. The van der Waals surface area contributed by atoms with Crippen molar-refractivity contribution in [3.05, 3.63) is 48.6 Å². The monoisotopic (exact) mass is 883 g/mol. The molecular weight excluding hydrogens is 781 g/mol. The Morgan fingerprint density at radius 2 is 0.587 bits per heavy atom. The summed E-state index contributed by atoms with van der Waals surface area (Å²) >= 11 is 0. The first kappa shape index (κ1) is 60.4. The molecule has 0 N–H and O–H groups in total. The highest BCUT2D eigenvalue weighted by Crippen LogP contribution is 2.15. The molecule has 63 heavy (non-hydrogen) atoms. The maximum atomic E-state index is 12.8. The summed E-state index contributed by atoms with van der Waals surface area (Å²) in [6, 6.07) is 0. The molecule has 6 nitrogen and oxygen atoms in total. The van der Waals surface area contributed by atoms with E-state index in [0.29, 0.717) is 25.7 Å². The molecule has 0 amide bonds. The Morgan fingerprint density at radius 1 is 0.317 bits per heavy atom. The van der Waals surface area contributed by atoms with Crippen LogP contribution in [0, 0.1) is 0 Å². The van der Waals surface area contributed by atoms with Gasteiger partial charge in [-0.05, 0) is 77.0 Å². The van der Waals surface area contributed by atoms with Crippen molar-refractivity contribution in [1.29, 1.82) is 0 Å². The molecule has 0 aliphatic heterocycles. The van der Waals surface area contributed by atoms with Gasteiger partial charge in [-0.25, -0.2) is 0 Å². The molecule has 0 bridgehead atoms. The van der Waals surface area contributed by atoms with Crippen LogP contribution in [0.15, 0.2) is 48.6 Å². The maximum Gasteiger partial charge on any atom is 0.306 e. The van der Waals surface area contributed by atoms with E-state index in [2.05, 4.69) is 69.4 Å². The number of ether oxygens (including phenoxy) is 3. The summed E-state index contributed by atoms with van der Waals surface area (Å²) in [7, 11) is 0. The number of hydrogen-bond donors (Lipinski definition) is 0. The predicted molar refractivity (Wildman–Crippen MR) is 270 cm³/mol. The van der Waals surface area contributed by atoms with Crippen molar-refractivity contribution in [2.24, 2.45) is 0 Å². The van der Waals surface area contributed by atoms with Crippen molar-refractivity contribution in [3.8, 4) is 0 Å². The summed E-state index contributed by atoms with van der Waals surface area (Å²) < 4.78 is 16.8. The Balaban J connectivity index is 4.43. The van der Waals surface area contributed by atoms with Crippen LogP contribution in [0.2, 0.25) is 0 Å². The summed E-state index contributed by atoms with van der Waals surface area (Å²) in [5.74, 6) is -0.937. The van der Waals surface area contributed by atoms with E-state index in [1.165, 1.54) is 173 Å². The number of rotatable bonds is 49. The zero-order valence-corrected chi connectivity index (χ0v) is 41.8. The fourth-order valence-electron chi connectivity index (χ4n) is 7.69. The van der Waals surface area contributed by atoms with E-state index in [-0.39, 0.29) is 31.1 Å². The highest BCUT2D eigenvalue weighted by atomic mass is 16.6. The van der Waals surface area contributed by atoms with E-state index in [1.54, 1.807) is 0 Å². The first-order chi connectivity index (χ1) is 31.0. The molecule has 0 unspecified atom stereocenters. The lowest BCUT2D eigenvalue weighted by Crippen LogP contribution is -2.30. The average Bonchev–Trinajstić information content (AvgIpc) is 3.28. The molecule has 0 rings (SSSR count). The number of carbonyl (C=O) groups excluding carboxylic acids is 3. The standard InChI is InChI=1S/C57H102O6/c1-4-7-10-13-16-19-22-25-27-28-30-32-35-38-41-44-47-50-56(59)62-53-54(52-61-55(58)49-46-43-40-37-34-31-24-21-18-15-12-9-6-3)63-57(60)51-48-45-42-39-36-33-29-26-23-20-17-14-11-8-5-2/h20,23,25,27,30,32,38,41,54H,4-19,21-22,24,26,28-29,31,33-37,39-40,42-53H2,1-3H3/b23-20-,27-25-,32-30-,41-38-/t54-/m0/s1. The smallest absolute Gasteiger partial charge is 0.306 e. The highest BCUT2D eigenvalue weighted by molar-refractivity contribution is 5.71. The van der Waals surface area contributed by atoms with Crippen LogP contribution in [0.1, 0.15) is 278 Å². The SMILES string of the molecule is CCCCCC/C=C\CCCCCCCCCC(=O)O[C@H](COC(=O)CCC/C=C\C/C=C\C/C=C\CCCCCCCC)COC(=O)CCCCCCCCCCCCCCC. The van der Waals surface area contributed by atoms with Crippen LogP contribution >= 0.6 is 0 Å². The van der Waals surface area contributed by atoms with Crippen LogP contribution in [-0.2, 0) is 28.6 Å². The van der Waals surface area contributed by atoms with Crippen molar-refractivity contribution in [2.45, 2.75) is 284 Å². The van der Waals surface area contributed by atoms with Crippen LogP contribution in [0.25, 0.3) is 0 Å². The van der Waals surface area contributed by atoms with Crippen LogP contribution in [0.3, 0.4) is 0 Å². The molecule has 0 fully saturated rings. The number of unbranched alkanes of at least 4 members (excludes halogenated alkanes) is 30. The van der Waals surface area contributed by atoms with Gasteiger partial charge in [0.1, 0.15) is 13.2 Å². The minimum atomic E-state index is -0.792. The fraction of sp³-hybridized carbons (Fsp3) is 0.807. The van der Waals surface area contributed by atoms with Gasteiger partial charge in [-0.3, -0.25) is 14.4 Å². The molecule has 6 heteroatoms. The second kappa shape index (κ2) is 52.0. The van der Waals surface area contributed by atoms with Gasteiger partial charge in [-0.1, -0.05) is 230 Å². The van der Waals surface area contributed by atoms with Gasteiger partial charge in [0.15, 0.2) is 6.10 Å². The normalized spacial score (nSPS) is 12.4. The van der Waals surface area contributed by atoms with Crippen molar-refractivity contribution in [2.75, 3.05) is 13.2 Å². The third-order valence-electron chi connectivity index (χ3n) is 11.8. The Kier molecular flexibility index (Phi) is 49.8. The Labute approximate surface area is 390 Å². The summed E-state index contributed by atoms with van der Waals surface area (Å²) in [4.78, 5) is 38.0. The Bertz CT molecular complexity index is 1110. The molecule has 0 heterocycles. The van der Waals surface area contributed by atoms with E-state index in [4.69, 9.17) is 14.2 Å². The maximum absolute atomic E-state index is 12.8. The van der Waals surface area contributed by atoms with Gasteiger partial charge in [-0.2, -0.15) is 0 Å². The molecule has 0 saturated heterocycles. The molecule has 366 valence electrons. The molecule has 0 spiro atoms. The summed E-state index contributed by atoms with van der Waals surface area (Å²) in [5.41, 5.74) is 0. The van der Waals surface area contributed by atoms with Crippen LogP contribution < -0.4 is 0 Å². The third-order valence-corrected chi connectivity index (χ3v) is 11.8. The zero-order valence-electron chi connectivity index (χ0n) is 41.8. The van der Waals surface area contributed by atoms with Gasteiger partial charge in [0.05, 0.1) is 0 Å². The molecule has 1 atom stereocenters. The second-order valence-corrected chi connectivity index (χ2v) is 18.1. The first-order valence-electron chi connectivity index (χ1n) is 27.1. The third kappa shape index (κ3) is 50.2. The quantitative estimate of drug-likeness (QED) is 0.0262. The molecule has 0 radical (unpaired) electrons. The summed E-state index contributed by atoms with van der Waals surface area (Å²) in [6.45, 7) is 6.59. The minimum Gasteiger partial charge on any atom is -0.462 e. The lowest BCUT2D eigenvalue weighted by Gasteiger charge is -2.18. The van der Waals surface area contributed by atoms with Crippen LogP contribution in [0.5, 0.6) is 0 Å². The fourth-order valence-corrected chi connectivity index (χ4v) is 7.69. The topological polar surface area (TPSA) is 78.9 Å². The molecule has 0 saturated carbocycles. The highest BCUT2D eigenvalue weighted by Gasteiger charge is 2.19. The number of allylic oxidation sites excluding steroid dienone is 8. The molecule has 0 aliphatic rings. The van der Waals surface area contributed by atoms with Gasteiger partial charge in [0.25, 0.3) is 0 Å². The molecular formula is C57H102O6. The predicted octanol–water partition coefficient (Wildman–Crippen LogP) is 17.9. The van der Waals surface area contributed by atoms with Gasteiger partial charge in [-0.15, -0.1) is 0 Å². The number of hydrogen-bond acceptors (Lipinski definition) is 6. The second-order valence-electron chi connectivity index (χ2n) is 18.1. The molecule has 0 aromatic rings. The van der Waals surface area contributed by atoms with Crippen LogP contribution in [-0.4, -0.2) is 37.2 Å². The molecule has 0 aromatic carbocycles. The van der Waals surface area contributed by atoms with E-state index < -0.39 is 6.10 Å². The molecule has 0 aliphatic carbocycles. The van der Waals surface area contributed by atoms with Gasteiger partial charge in [0.2, 0.25) is 0 Å². The van der Waals surface area contributed by atoms with Crippen molar-refractivity contribution >= 4 is 17.9 Å². The lowest BCUT2D eigenvalue weighted by atomic mass is 10.0. The van der Waals surface area contributed by atoms with Gasteiger partial charge < -0.3 is 14.2 Å². The van der Waals surface area contributed by atoms with E-state index >= 15 is 0 Å². The van der Waals surface area contributed by atoms with Crippen LogP contribution in [0.4, 0.5) is 0 Å². The van der Waals surface area contributed by atoms with Crippen molar-refractivity contribution in [1.82, 2.24) is 0 Å². The first-order valence-corrected chi connectivity index (χ1v) is 27.1. The van der Waals surface area contributed by atoms with E-state index in [9.17, 15) is 14.4 Å². The van der Waals surface area contributed by atoms with Gasteiger partial charge >= 0.3 is 17.9 Å². The van der Waals surface area contributed by atoms with E-state index in [0.717, 1.165) is 57.8 Å². The number of esters is 3. The minimum absolute atomic E-state index is 0.0878. The number of carbonyl (C=O) groups is 3. The van der Waals surface area contributed by atoms with E-state index in [1.807, 2.05) is 0 Å². The van der Waals surface area contributed by atoms with Crippen molar-refractivity contribution < 1.29 is 28.6 Å². The summed E-state index contributed by atoms with van der Waals surface area (Å²) in [6.07, 6.45) is 62.4. The summed E-state index contributed by atoms with van der Waals surface area (Å²) in [5, 5.41) is 0. The zero-order chi connectivity index (χ0) is 45.8. The Morgan fingerprint density at radius 3 is 0.984 bits per heavy atom.